The van der Waals surface area contributed by atoms with Crippen LogP contribution in [0.1, 0.15) is 24.8 Å². The van der Waals surface area contributed by atoms with Crippen LogP contribution in [0.2, 0.25) is 10.0 Å². The Labute approximate surface area is 143 Å². The molecule has 0 radical (unpaired) electrons. The van der Waals surface area contributed by atoms with E-state index in [0.29, 0.717) is 29.3 Å². The number of rotatable bonds is 5. The number of carboxylic acids is 1. The minimum atomic E-state index is -1.11. The van der Waals surface area contributed by atoms with Gasteiger partial charge in [0.05, 0.1) is 10.0 Å². The van der Waals surface area contributed by atoms with Crippen LogP contribution in [0.15, 0.2) is 18.2 Å². The number of amides is 1. The standard InChI is InChI=1S/C15H17Cl2NO3S/c16-11-3-1-10(9-12(11)17)2-4-13(19)18-15(14(20)21)5-7-22-8-6-15/h1,3,9H,2,4-8H2,(H,18,19)(H,20,21). The predicted octanol–water partition coefficient (Wildman–Crippen LogP) is 3.39. The molecule has 2 N–H and O–H groups in total. The van der Waals surface area contributed by atoms with E-state index in [0.717, 1.165) is 17.1 Å². The molecule has 0 spiro atoms. The van der Waals surface area contributed by atoms with Crippen molar-refractivity contribution in [2.75, 3.05) is 11.5 Å². The molecule has 0 saturated carbocycles. The van der Waals surface area contributed by atoms with E-state index in [1.54, 1.807) is 23.9 Å². The third kappa shape index (κ3) is 4.31. The summed E-state index contributed by atoms with van der Waals surface area (Å²) in [5.74, 6) is 0.301. The first kappa shape index (κ1) is 17.4. The van der Waals surface area contributed by atoms with E-state index in [1.807, 2.05) is 6.07 Å². The second-order valence-electron chi connectivity index (χ2n) is 5.30. The quantitative estimate of drug-likeness (QED) is 0.843. The van der Waals surface area contributed by atoms with Gasteiger partial charge in [-0.1, -0.05) is 29.3 Å². The number of aliphatic carboxylic acids is 1. The van der Waals surface area contributed by atoms with Crippen LogP contribution in [-0.4, -0.2) is 34.0 Å². The van der Waals surface area contributed by atoms with Gasteiger partial charge < -0.3 is 10.4 Å². The maximum atomic E-state index is 12.1. The number of hydrogen-bond acceptors (Lipinski definition) is 3. The largest absolute Gasteiger partial charge is 0.480 e. The Morgan fingerprint density at radius 1 is 1.23 bits per heavy atom. The molecule has 7 heteroatoms. The minimum absolute atomic E-state index is 0.222. The lowest BCUT2D eigenvalue weighted by molar-refractivity contribution is -0.148. The monoisotopic (exact) mass is 361 g/mol. The maximum Gasteiger partial charge on any atom is 0.329 e. The van der Waals surface area contributed by atoms with Crippen molar-refractivity contribution in [1.82, 2.24) is 5.32 Å². The lowest BCUT2D eigenvalue weighted by Crippen LogP contribution is -2.56. The molecule has 0 aromatic heterocycles. The van der Waals surface area contributed by atoms with Crippen LogP contribution in [-0.2, 0) is 16.0 Å². The first-order valence-corrected chi connectivity index (χ1v) is 8.90. The third-order valence-corrected chi connectivity index (χ3v) is 5.48. The molecule has 1 amide bonds. The fourth-order valence-electron chi connectivity index (χ4n) is 2.39. The topological polar surface area (TPSA) is 66.4 Å². The van der Waals surface area contributed by atoms with Gasteiger partial charge in [0.25, 0.3) is 0 Å². The number of benzene rings is 1. The molecule has 1 aromatic carbocycles. The zero-order valence-electron chi connectivity index (χ0n) is 11.9. The van der Waals surface area contributed by atoms with Crippen LogP contribution in [0.25, 0.3) is 0 Å². The summed E-state index contributed by atoms with van der Waals surface area (Å²) in [6.45, 7) is 0. The molecule has 1 heterocycles. The van der Waals surface area contributed by atoms with Gasteiger partial charge >= 0.3 is 5.97 Å². The highest BCUT2D eigenvalue weighted by molar-refractivity contribution is 7.99. The number of carboxylic acid groups (broad SMARTS) is 1. The lowest BCUT2D eigenvalue weighted by Gasteiger charge is -2.33. The van der Waals surface area contributed by atoms with E-state index in [4.69, 9.17) is 23.2 Å². The van der Waals surface area contributed by atoms with Crippen LogP contribution < -0.4 is 5.32 Å². The Morgan fingerprint density at radius 2 is 1.91 bits per heavy atom. The van der Waals surface area contributed by atoms with Crippen LogP contribution >= 0.6 is 35.0 Å². The molecule has 0 aliphatic carbocycles. The molecule has 1 fully saturated rings. The van der Waals surface area contributed by atoms with E-state index in [9.17, 15) is 14.7 Å². The van der Waals surface area contributed by atoms with Crippen molar-refractivity contribution in [1.29, 1.82) is 0 Å². The Kier molecular flexibility index (Phi) is 6.01. The van der Waals surface area contributed by atoms with Crippen LogP contribution in [0.3, 0.4) is 0 Å². The molecule has 120 valence electrons. The highest BCUT2D eigenvalue weighted by atomic mass is 35.5. The summed E-state index contributed by atoms with van der Waals surface area (Å²) < 4.78 is 0. The molecule has 0 atom stereocenters. The Bertz CT molecular complexity index is 574. The number of carbonyl (C=O) groups excluding carboxylic acids is 1. The highest BCUT2D eigenvalue weighted by Crippen LogP contribution is 2.28. The predicted molar refractivity (Wildman–Crippen MR) is 89.9 cm³/mol. The molecular formula is C15H17Cl2NO3S. The summed E-state index contributed by atoms with van der Waals surface area (Å²) in [6, 6.07) is 5.22. The number of nitrogens with one attached hydrogen (secondary N) is 1. The Balaban J connectivity index is 1.94. The number of halogens is 2. The molecule has 22 heavy (non-hydrogen) atoms. The Hall–Kier alpha value is -0.910. The number of carbonyl (C=O) groups is 2. The summed E-state index contributed by atoms with van der Waals surface area (Å²) in [5.41, 5.74) is -0.215. The molecule has 0 bridgehead atoms. The van der Waals surface area contributed by atoms with E-state index in [-0.39, 0.29) is 12.3 Å². The van der Waals surface area contributed by atoms with Gasteiger partial charge in [-0.05, 0) is 48.5 Å². The van der Waals surface area contributed by atoms with Gasteiger partial charge in [0.15, 0.2) is 0 Å². The molecule has 1 aliphatic heterocycles. The molecular weight excluding hydrogens is 345 g/mol. The summed E-state index contributed by atoms with van der Waals surface area (Å²) in [7, 11) is 0. The summed E-state index contributed by atoms with van der Waals surface area (Å²) in [6.07, 6.45) is 1.64. The fraction of sp³-hybridized carbons (Fsp3) is 0.467. The first-order chi connectivity index (χ1) is 10.4. The average molecular weight is 362 g/mol. The van der Waals surface area contributed by atoms with Crippen molar-refractivity contribution >= 4 is 46.8 Å². The van der Waals surface area contributed by atoms with Gasteiger partial charge in [-0.2, -0.15) is 11.8 Å². The SMILES string of the molecule is O=C(CCc1ccc(Cl)c(Cl)c1)NC1(C(=O)O)CCSCC1. The zero-order valence-corrected chi connectivity index (χ0v) is 14.2. The summed E-state index contributed by atoms with van der Waals surface area (Å²) in [4.78, 5) is 23.6. The van der Waals surface area contributed by atoms with Crippen LogP contribution in [0, 0.1) is 0 Å². The average Bonchev–Trinajstić information content (AvgIpc) is 2.49. The van der Waals surface area contributed by atoms with Gasteiger partial charge in [-0.3, -0.25) is 4.79 Å². The highest BCUT2D eigenvalue weighted by Gasteiger charge is 2.41. The van der Waals surface area contributed by atoms with Crippen LogP contribution in [0.4, 0.5) is 0 Å². The second kappa shape index (κ2) is 7.57. The molecule has 2 rings (SSSR count). The molecule has 1 aliphatic rings. The number of thioether (sulfide) groups is 1. The summed E-state index contributed by atoms with van der Waals surface area (Å²) in [5, 5.41) is 13.1. The molecule has 1 saturated heterocycles. The van der Waals surface area contributed by atoms with Crippen molar-refractivity contribution in [2.24, 2.45) is 0 Å². The van der Waals surface area contributed by atoms with Gasteiger partial charge in [-0.15, -0.1) is 0 Å². The zero-order chi connectivity index (χ0) is 16.2. The normalized spacial score (nSPS) is 17.0. The lowest BCUT2D eigenvalue weighted by atomic mass is 9.92. The first-order valence-electron chi connectivity index (χ1n) is 6.99. The maximum absolute atomic E-state index is 12.1. The van der Waals surface area contributed by atoms with E-state index >= 15 is 0 Å². The Morgan fingerprint density at radius 3 is 2.50 bits per heavy atom. The minimum Gasteiger partial charge on any atom is -0.480 e. The van der Waals surface area contributed by atoms with Crippen LogP contribution in [0.5, 0.6) is 0 Å². The number of hydrogen-bond donors (Lipinski definition) is 2. The van der Waals surface area contributed by atoms with Gasteiger partial charge in [0, 0.05) is 6.42 Å². The van der Waals surface area contributed by atoms with Crippen molar-refractivity contribution < 1.29 is 14.7 Å². The van der Waals surface area contributed by atoms with Gasteiger partial charge in [0.2, 0.25) is 5.91 Å². The van der Waals surface area contributed by atoms with E-state index in [1.165, 1.54) is 0 Å². The number of aryl methyl sites for hydroxylation is 1. The van der Waals surface area contributed by atoms with Crippen molar-refractivity contribution in [2.45, 2.75) is 31.2 Å². The van der Waals surface area contributed by atoms with Crippen molar-refractivity contribution in [3.8, 4) is 0 Å². The van der Waals surface area contributed by atoms with E-state index in [2.05, 4.69) is 5.32 Å². The molecule has 0 unspecified atom stereocenters. The van der Waals surface area contributed by atoms with Crippen molar-refractivity contribution in [3.05, 3.63) is 33.8 Å². The molecule has 4 nitrogen and oxygen atoms in total. The second-order valence-corrected chi connectivity index (χ2v) is 7.34. The van der Waals surface area contributed by atoms with Gasteiger partial charge in [-0.25, -0.2) is 4.79 Å². The molecule has 1 aromatic rings. The smallest absolute Gasteiger partial charge is 0.329 e. The van der Waals surface area contributed by atoms with Gasteiger partial charge in [0.1, 0.15) is 5.54 Å². The third-order valence-electron chi connectivity index (χ3n) is 3.76. The fourth-order valence-corrected chi connectivity index (χ4v) is 3.90. The summed E-state index contributed by atoms with van der Waals surface area (Å²) >= 11 is 13.5. The van der Waals surface area contributed by atoms with E-state index < -0.39 is 11.5 Å². The van der Waals surface area contributed by atoms with Crippen molar-refractivity contribution in [3.63, 3.8) is 0 Å².